The first-order chi connectivity index (χ1) is 14.6. The first kappa shape index (κ1) is 19.8. The number of carbonyl (C=O) groups excluding carboxylic acids is 2. The number of amides is 2. The molecule has 2 aromatic heterocycles. The van der Waals surface area contributed by atoms with E-state index in [1.54, 1.807) is 28.9 Å². The van der Waals surface area contributed by atoms with Gasteiger partial charge in [0.15, 0.2) is 5.82 Å². The molecule has 1 fully saturated rings. The van der Waals surface area contributed by atoms with Crippen LogP contribution in [0.3, 0.4) is 0 Å². The SMILES string of the molecule is Cn1nccc1C(=O)N1CCCC1c1noc(CCC(=O)NCc2ccccc2)n1. The van der Waals surface area contributed by atoms with E-state index >= 15 is 0 Å². The van der Waals surface area contributed by atoms with E-state index in [0.29, 0.717) is 36.9 Å². The van der Waals surface area contributed by atoms with Crippen LogP contribution in [0.5, 0.6) is 0 Å². The van der Waals surface area contributed by atoms with Gasteiger partial charge in [0.2, 0.25) is 11.8 Å². The maximum absolute atomic E-state index is 12.8. The molecule has 9 heteroatoms. The normalized spacial score (nSPS) is 16.0. The third-order valence-corrected chi connectivity index (χ3v) is 5.23. The third-order valence-electron chi connectivity index (χ3n) is 5.23. The number of rotatable bonds is 7. The largest absolute Gasteiger partial charge is 0.352 e. The van der Waals surface area contributed by atoms with E-state index in [0.717, 1.165) is 18.4 Å². The van der Waals surface area contributed by atoms with Crippen molar-refractivity contribution in [2.75, 3.05) is 6.54 Å². The second kappa shape index (κ2) is 8.89. The molecular weight excluding hydrogens is 384 g/mol. The average Bonchev–Trinajstić information content (AvgIpc) is 3.51. The van der Waals surface area contributed by atoms with Gasteiger partial charge in [-0.1, -0.05) is 35.5 Å². The van der Waals surface area contributed by atoms with E-state index in [-0.39, 0.29) is 24.3 Å². The molecule has 3 aromatic rings. The summed E-state index contributed by atoms with van der Waals surface area (Å²) in [5.41, 5.74) is 1.58. The molecule has 1 aromatic carbocycles. The molecule has 4 rings (SSSR count). The molecule has 9 nitrogen and oxygen atoms in total. The highest BCUT2D eigenvalue weighted by Gasteiger charge is 2.34. The van der Waals surface area contributed by atoms with Gasteiger partial charge in [-0.2, -0.15) is 10.1 Å². The maximum atomic E-state index is 12.8. The molecule has 0 spiro atoms. The minimum Gasteiger partial charge on any atom is -0.352 e. The van der Waals surface area contributed by atoms with E-state index in [1.807, 2.05) is 30.3 Å². The molecule has 0 radical (unpaired) electrons. The lowest BCUT2D eigenvalue weighted by Gasteiger charge is -2.22. The Morgan fingerprint density at radius 1 is 1.23 bits per heavy atom. The lowest BCUT2D eigenvalue weighted by molar-refractivity contribution is -0.121. The number of aryl methyl sites for hydroxylation is 2. The molecule has 1 atom stereocenters. The Labute approximate surface area is 174 Å². The predicted molar refractivity (Wildman–Crippen MR) is 107 cm³/mol. The van der Waals surface area contributed by atoms with E-state index in [4.69, 9.17) is 4.52 Å². The number of nitrogens with zero attached hydrogens (tertiary/aromatic N) is 5. The van der Waals surface area contributed by atoms with Crippen molar-refractivity contribution in [1.82, 2.24) is 30.1 Å². The van der Waals surface area contributed by atoms with Crippen molar-refractivity contribution in [3.8, 4) is 0 Å². The quantitative estimate of drug-likeness (QED) is 0.641. The van der Waals surface area contributed by atoms with Gasteiger partial charge >= 0.3 is 0 Å². The molecule has 0 aliphatic carbocycles. The van der Waals surface area contributed by atoms with Crippen molar-refractivity contribution in [1.29, 1.82) is 0 Å². The van der Waals surface area contributed by atoms with E-state index in [2.05, 4.69) is 20.6 Å². The molecule has 0 saturated carbocycles. The summed E-state index contributed by atoms with van der Waals surface area (Å²) in [4.78, 5) is 31.2. The van der Waals surface area contributed by atoms with E-state index in [9.17, 15) is 9.59 Å². The van der Waals surface area contributed by atoms with Gasteiger partial charge in [-0.3, -0.25) is 14.3 Å². The minimum absolute atomic E-state index is 0.0764. The van der Waals surface area contributed by atoms with Crippen LogP contribution in [0.15, 0.2) is 47.1 Å². The summed E-state index contributed by atoms with van der Waals surface area (Å²) in [6.45, 7) is 1.13. The Morgan fingerprint density at radius 3 is 2.83 bits per heavy atom. The van der Waals surface area contributed by atoms with Crippen molar-refractivity contribution in [2.24, 2.45) is 7.05 Å². The number of nitrogens with one attached hydrogen (secondary N) is 1. The second-order valence-electron chi connectivity index (χ2n) is 7.31. The summed E-state index contributed by atoms with van der Waals surface area (Å²) in [6.07, 6.45) is 3.88. The van der Waals surface area contributed by atoms with Gasteiger partial charge in [0.05, 0.1) is 6.04 Å². The fourth-order valence-electron chi connectivity index (χ4n) is 3.62. The lowest BCUT2D eigenvalue weighted by atomic mass is 10.2. The van der Waals surface area contributed by atoms with Crippen molar-refractivity contribution < 1.29 is 14.1 Å². The van der Waals surface area contributed by atoms with Crippen LogP contribution in [-0.4, -0.2) is 43.2 Å². The van der Waals surface area contributed by atoms with Crippen molar-refractivity contribution in [2.45, 2.75) is 38.3 Å². The molecule has 1 aliphatic heterocycles. The molecule has 1 aliphatic rings. The van der Waals surface area contributed by atoms with Crippen molar-refractivity contribution >= 4 is 11.8 Å². The van der Waals surface area contributed by atoms with Gasteiger partial charge < -0.3 is 14.7 Å². The van der Waals surface area contributed by atoms with Crippen LogP contribution in [0.2, 0.25) is 0 Å². The molecule has 1 N–H and O–H groups in total. The van der Waals surface area contributed by atoms with Crippen LogP contribution in [0.1, 0.15) is 53.1 Å². The first-order valence-electron chi connectivity index (χ1n) is 10.0. The molecule has 3 heterocycles. The van der Waals surface area contributed by atoms with Gasteiger partial charge in [-0.05, 0) is 24.5 Å². The Kier molecular flexibility index (Phi) is 5.87. The van der Waals surface area contributed by atoms with Crippen LogP contribution < -0.4 is 5.32 Å². The topological polar surface area (TPSA) is 106 Å². The van der Waals surface area contributed by atoms with E-state index < -0.39 is 0 Å². The predicted octanol–water partition coefficient (Wildman–Crippen LogP) is 2.03. The van der Waals surface area contributed by atoms with Crippen LogP contribution in [0.4, 0.5) is 0 Å². The maximum Gasteiger partial charge on any atom is 0.272 e. The first-order valence-corrected chi connectivity index (χ1v) is 10.0. The highest BCUT2D eigenvalue weighted by Crippen LogP contribution is 2.31. The zero-order valence-electron chi connectivity index (χ0n) is 16.8. The molecule has 1 unspecified atom stereocenters. The Balaban J connectivity index is 1.32. The van der Waals surface area contributed by atoms with E-state index in [1.165, 1.54) is 0 Å². The fourth-order valence-corrected chi connectivity index (χ4v) is 3.62. The third kappa shape index (κ3) is 4.40. The van der Waals surface area contributed by atoms with Crippen LogP contribution in [0, 0.1) is 0 Å². The molecule has 2 amide bonds. The molecular formula is C21H24N6O3. The molecule has 0 bridgehead atoms. The zero-order valence-corrected chi connectivity index (χ0v) is 16.8. The van der Waals surface area contributed by atoms with Gasteiger partial charge in [-0.25, -0.2) is 0 Å². The van der Waals surface area contributed by atoms with Crippen LogP contribution in [-0.2, 0) is 24.8 Å². The summed E-state index contributed by atoms with van der Waals surface area (Å²) in [5.74, 6) is 0.721. The number of hydrogen-bond acceptors (Lipinski definition) is 6. The monoisotopic (exact) mass is 408 g/mol. The van der Waals surface area contributed by atoms with Crippen LogP contribution in [0.25, 0.3) is 0 Å². The Hall–Kier alpha value is -3.49. The number of carbonyl (C=O) groups is 2. The summed E-state index contributed by atoms with van der Waals surface area (Å²) in [6, 6.07) is 11.2. The standard InChI is InChI=1S/C21H24N6O3/c1-26-17(11-12-23-26)21(29)27-13-5-8-16(27)20-24-19(30-25-20)10-9-18(28)22-14-15-6-3-2-4-7-15/h2-4,6-7,11-12,16H,5,8-10,13-14H2,1H3,(H,22,28). The van der Waals surface area contributed by atoms with Gasteiger partial charge in [0.1, 0.15) is 5.69 Å². The molecule has 156 valence electrons. The lowest BCUT2D eigenvalue weighted by Crippen LogP contribution is -2.32. The highest BCUT2D eigenvalue weighted by molar-refractivity contribution is 5.92. The second-order valence-corrected chi connectivity index (χ2v) is 7.31. The number of hydrogen-bond donors (Lipinski definition) is 1. The van der Waals surface area contributed by atoms with Gasteiger partial charge in [-0.15, -0.1) is 0 Å². The smallest absolute Gasteiger partial charge is 0.272 e. The van der Waals surface area contributed by atoms with Crippen molar-refractivity contribution in [3.05, 3.63) is 65.6 Å². The van der Waals surface area contributed by atoms with Crippen LogP contribution >= 0.6 is 0 Å². The summed E-state index contributed by atoms with van der Waals surface area (Å²) in [5, 5.41) is 11.0. The summed E-state index contributed by atoms with van der Waals surface area (Å²) >= 11 is 0. The summed E-state index contributed by atoms with van der Waals surface area (Å²) < 4.78 is 6.90. The fraction of sp³-hybridized carbons (Fsp3) is 0.381. The minimum atomic E-state index is -0.225. The highest BCUT2D eigenvalue weighted by atomic mass is 16.5. The molecule has 30 heavy (non-hydrogen) atoms. The average molecular weight is 408 g/mol. The van der Waals surface area contributed by atoms with Crippen molar-refractivity contribution in [3.63, 3.8) is 0 Å². The Morgan fingerprint density at radius 2 is 2.07 bits per heavy atom. The number of benzene rings is 1. The zero-order chi connectivity index (χ0) is 20.9. The Bertz CT molecular complexity index is 1010. The number of likely N-dealkylation sites (tertiary alicyclic amines) is 1. The molecule has 1 saturated heterocycles. The summed E-state index contributed by atoms with van der Waals surface area (Å²) in [7, 11) is 1.74. The van der Waals surface area contributed by atoms with Gasteiger partial charge in [0.25, 0.3) is 5.91 Å². The van der Waals surface area contributed by atoms with Gasteiger partial charge in [0, 0.05) is 39.2 Å². The number of aromatic nitrogens is 4.